The van der Waals surface area contributed by atoms with Crippen LogP contribution in [0, 0.1) is 0 Å². The summed E-state index contributed by atoms with van der Waals surface area (Å²) >= 11 is 0. The summed E-state index contributed by atoms with van der Waals surface area (Å²) in [4.78, 5) is 0. The van der Waals surface area contributed by atoms with Gasteiger partial charge in [0, 0.05) is 19.3 Å². The van der Waals surface area contributed by atoms with Crippen LogP contribution < -0.4 is 5.32 Å². The zero-order valence-electron chi connectivity index (χ0n) is 8.83. The highest BCUT2D eigenvalue weighted by Crippen LogP contribution is 2.15. The van der Waals surface area contributed by atoms with Crippen LogP contribution in [0.2, 0.25) is 0 Å². The molecule has 1 fully saturated rings. The summed E-state index contributed by atoms with van der Waals surface area (Å²) in [5, 5.41) is 7.82. The molecule has 1 saturated heterocycles. The van der Waals surface area contributed by atoms with Crippen LogP contribution in [0.1, 0.15) is 25.5 Å². The van der Waals surface area contributed by atoms with Gasteiger partial charge in [-0.15, -0.1) is 0 Å². The van der Waals surface area contributed by atoms with Crippen molar-refractivity contribution < 1.29 is 0 Å². The zero-order valence-corrected chi connectivity index (χ0v) is 8.83. The van der Waals surface area contributed by atoms with Crippen LogP contribution in [0.25, 0.3) is 6.08 Å². The molecule has 3 heteroatoms. The van der Waals surface area contributed by atoms with Crippen LogP contribution in [0.3, 0.4) is 0 Å². The minimum Gasteiger partial charge on any atom is -0.310 e. The van der Waals surface area contributed by atoms with Gasteiger partial charge in [-0.05, 0) is 38.5 Å². The molecule has 0 amide bonds. The lowest BCUT2D eigenvalue weighted by molar-refractivity contribution is 0.692. The van der Waals surface area contributed by atoms with Gasteiger partial charge in [-0.1, -0.05) is 5.57 Å². The average molecular weight is 191 g/mol. The maximum atomic E-state index is 4.33. The molecule has 2 rings (SSSR count). The molecule has 0 saturated carbocycles. The Morgan fingerprint density at radius 1 is 1.71 bits per heavy atom. The molecule has 1 aliphatic rings. The molecule has 1 aromatic rings. The van der Waals surface area contributed by atoms with Gasteiger partial charge in [0.1, 0.15) is 0 Å². The standard InChI is InChI=1S/C11H17N3/c1-9(11-4-3-6-12-11)8-10-5-7-14(2)13-10/h5,7-8,11-12H,3-4,6H2,1-2H3/b9-8-. The maximum Gasteiger partial charge on any atom is 0.0850 e. The highest BCUT2D eigenvalue weighted by Gasteiger charge is 2.15. The fraction of sp³-hybridized carbons (Fsp3) is 0.545. The van der Waals surface area contributed by atoms with Gasteiger partial charge in [0.25, 0.3) is 0 Å². The molecule has 14 heavy (non-hydrogen) atoms. The molecule has 1 N–H and O–H groups in total. The van der Waals surface area contributed by atoms with Gasteiger partial charge in [0.2, 0.25) is 0 Å². The summed E-state index contributed by atoms with van der Waals surface area (Å²) in [5.74, 6) is 0. The van der Waals surface area contributed by atoms with E-state index in [1.54, 1.807) is 0 Å². The third-order valence-electron chi connectivity index (χ3n) is 2.72. The van der Waals surface area contributed by atoms with Crippen LogP contribution >= 0.6 is 0 Å². The van der Waals surface area contributed by atoms with E-state index >= 15 is 0 Å². The van der Waals surface area contributed by atoms with E-state index in [2.05, 4.69) is 23.4 Å². The Bertz CT molecular complexity index is 332. The largest absolute Gasteiger partial charge is 0.310 e. The van der Waals surface area contributed by atoms with E-state index in [-0.39, 0.29) is 0 Å². The van der Waals surface area contributed by atoms with Crippen molar-refractivity contribution in [2.75, 3.05) is 6.54 Å². The summed E-state index contributed by atoms with van der Waals surface area (Å²) in [5.41, 5.74) is 2.44. The molecule has 76 valence electrons. The highest BCUT2D eigenvalue weighted by molar-refractivity contribution is 5.49. The van der Waals surface area contributed by atoms with E-state index < -0.39 is 0 Å². The third-order valence-corrected chi connectivity index (χ3v) is 2.72. The number of hydrogen-bond donors (Lipinski definition) is 1. The Hall–Kier alpha value is -1.09. The molecule has 0 bridgehead atoms. The van der Waals surface area contributed by atoms with Crippen molar-refractivity contribution in [1.82, 2.24) is 15.1 Å². The van der Waals surface area contributed by atoms with Crippen molar-refractivity contribution >= 4 is 6.08 Å². The van der Waals surface area contributed by atoms with Crippen LogP contribution in [0.5, 0.6) is 0 Å². The first kappa shape index (κ1) is 9.46. The summed E-state index contributed by atoms with van der Waals surface area (Å²) in [7, 11) is 1.94. The lowest BCUT2D eigenvalue weighted by atomic mass is 10.1. The monoisotopic (exact) mass is 191 g/mol. The fourth-order valence-electron chi connectivity index (χ4n) is 1.92. The number of hydrogen-bond acceptors (Lipinski definition) is 2. The van der Waals surface area contributed by atoms with Crippen LogP contribution in [-0.2, 0) is 7.05 Å². The minimum absolute atomic E-state index is 0.567. The van der Waals surface area contributed by atoms with Gasteiger partial charge in [0.15, 0.2) is 0 Å². The van der Waals surface area contributed by atoms with Gasteiger partial charge >= 0.3 is 0 Å². The van der Waals surface area contributed by atoms with E-state index in [1.807, 2.05) is 24.0 Å². The summed E-state index contributed by atoms with van der Waals surface area (Å²) in [6.07, 6.45) is 6.69. The smallest absolute Gasteiger partial charge is 0.0850 e. The van der Waals surface area contributed by atoms with Crippen molar-refractivity contribution in [2.45, 2.75) is 25.8 Å². The molecule has 0 aliphatic carbocycles. The Kier molecular flexibility index (Phi) is 2.68. The number of aromatic nitrogens is 2. The molecule has 0 radical (unpaired) electrons. The summed E-state index contributed by atoms with van der Waals surface area (Å²) in [6, 6.07) is 2.61. The first-order valence-electron chi connectivity index (χ1n) is 5.17. The van der Waals surface area contributed by atoms with E-state index in [9.17, 15) is 0 Å². The maximum absolute atomic E-state index is 4.33. The molecule has 2 heterocycles. The number of aryl methyl sites for hydroxylation is 1. The zero-order chi connectivity index (χ0) is 9.97. The van der Waals surface area contributed by atoms with Gasteiger partial charge in [0.05, 0.1) is 5.69 Å². The Labute approximate surface area is 84.8 Å². The first-order chi connectivity index (χ1) is 6.75. The summed E-state index contributed by atoms with van der Waals surface area (Å²) < 4.78 is 1.83. The third kappa shape index (κ3) is 2.04. The first-order valence-corrected chi connectivity index (χ1v) is 5.17. The molecule has 1 atom stereocenters. The SMILES string of the molecule is C/C(=C/c1ccn(C)n1)C1CCCN1. The Morgan fingerprint density at radius 3 is 3.14 bits per heavy atom. The fourth-order valence-corrected chi connectivity index (χ4v) is 1.92. The molecule has 0 aromatic carbocycles. The van der Waals surface area contributed by atoms with Gasteiger partial charge < -0.3 is 5.32 Å². The normalized spacial score (nSPS) is 23.0. The minimum atomic E-state index is 0.567. The topological polar surface area (TPSA) is 29.9 Å². The van der Waals surface area contributed by atoms with Gasteiger partial charge in [-0.2, -0.15) is 5.10 Å². The number of rotatable bonds is 2. The molecule has 0 spiro atoms. The van der Waals surface area contributed by atoms with Crippen molar-refractivity contribution in [3.05, 3.63) is 23.5 Å². The quantitative estimate of drug-likeness (QED) is 0.769. The number of nitrogens with one attached hydrogen (secondary N) is 1. The van der Waals surface area contributed by atoms with Gasteiger partial charge in [-0.25, -0.2) is 0 Å². The van der Waals surface area contributed by atoms with Crippen LogP contribution in [-0.4, -0.2) is 22.4 Å². The second-order valence-electron chi connectivity index (χ2n) is 3.95. The van der Waals surface area contributed by atoms with Gasteiger partial charge in [-0.3, -0.25) is 4.68 Å². The summed E-state index contributed by atoms with van der Waals surface area (Å²) in [6.45, 7) is 3.33. The second kappa shape index (κ2) is 3.96. The predicted octanol–water partition coefficient (Wildman–Crippen LogP) is 1.58. The lowest BCUT2D eigenvalue weighted by Crippen LogP contribution is -2.22. The van der Waals surface area contributed by atoms with Crippen molar-refractivity contribution in [3.8, 4) is 0 Å². The van der Waals surface area contributed by atoms with Crippen molar-refractivity contribution in [3.63, 3.8) is 0 Å². The second-order valence-corrected chi connectivity index (χ2v) is 3.95. The van der Waals surface area contributed by atoms with Crippen LogP contribution in [0.15, 0.2) is 17.8 Å². The lowest BCUT2D eigenvalue weighted by Gasteiger charge is -2.09. The molecule has 1 aromatic heterocycles. The molecular weight excluding hydrogens is 174 g/mol. The van der Waals surface area contributed by atoms with E-state index in [0.29, 0.717) is 6.04 Å². The molecule has 1 unspecified atom stereocenters. The molecule has 1 aliphatic heterocycles. The Morgan fingerprint density at radius 2 is 2.57 bits per heavy atom. The van der Waals surface area contributed by atoms with Crippen molar-refractivity contribution in [2.24, 2.45) is 7.05 Å². The van der Waals surface area contributed by atoms with Crippen molar-refractivity contribution in [1.29, 1.82) is 0 Å². The molecular formula is C11H17N3. The van der Waals surface area contributed by atoms with E-state index in [4.69, 9.17) is 0 Å². The van der Waals surface area contributed by atoms with E-state index in [1.165, 1.54) is 18.4 Å². The highest BCUT2D eigenvalue weighted by atomic mass is 15.2. The van der Waals surface area contributed by atoms with E-state index in [0.717, 1.165) is 12.2 Å². The average Bonchev–Trinajstić information content (AvgIpc) is 2.75. The molecule has 3 nitrogen and oxygen atoms in total. The number of nitrogens with zero attached hydrogens (tertiary/aromatic N) is 2. The van der Waals surface area contributed by atoms with Crippen LogP contribution in [0.4, 0.5) is 0 Å². The Balaban J connectivity index is 2.09. The predicted molar refractivity (Wildman–Crippen MR) is 57.9 cm³/mol.